The highest BCUT2D eigenvalue weighted by atomic mass is 32.2. The average molecular weight is 212 g/mol. The maximum absolute atomic E-state index is 11.1. The molecule has 2 nitrogen and oxygen atoms in total. The fourth-order valence-electron chi connectivity index (χ4n) is 1.01. The van der Waals surface area contributed by atoms with Crippen LogP contribution in [0.4, 0.5) is 0 Å². The first kappa shape index (κ1) is 13.0. The molecule has 1 unspecified atom stereocenters. The minimum Gasteiger partial charge on any atom is -0.294 e. The van der Waals surface area contributed by atoms with Gasteiger partial charge in [-0.2, -0.15) is 0 Å². The summed E-state index contributed by atoms with van der Waals surface area (Å²) in [6, 6.07) is 6.96. The molecule has 0 saturated carbocycles. The van der Waals surface area contributed by atoms with E-state index in [2.05, 4.69) is 0 Å². The maximum Gasteiger partial charge on any atom is 0.161 e. The molecule has 1 aromatic carbocycles. The highest BCUT2D eigenvalue weighted by molar-refractivity contribution is 7.84. The molecule has 0 N–H and O–H groups in total. The summed E-state index contributed by atoms with van der Waals surface area (Å²) >= 11 is 0. The third-order valence-corrected chi connectivity index (χ3v) is 2.55. The fourth-order valence-corrected chi connectivity index (χ4v) is 1.80. The van der Waals surface area contributed by atoms with Gasteiger partial charge in [0.2, 0.25) is 0 Å². The van der Waals surface area contributed by atoms with Gasteiger partial charge < -0.3 is 0 Å². The monoisotopic (exact) mass is 212 g/mol. The Bertz CT molecular complexity index is 299. The van der Waals surface area contributed by atoms with Crippen LogP contribution < -0.4 is 0 Å². The number of ketones is 1. The average Bonchev–Trinajstić information content (AvgIpc) is 2.20. The largest absolute Gasteiger partial charge is 0.294 e. The molecule has 14 heavy (non-hydrogen) atoms. The van der Waals surface area contributed by atoms with E-state index < -0.39 is 10.8 Å². The van der Waals surface area contributed by atoms with Gasteiger partial charge in [0.05, 0.1) is 10.8 Å². The minimum absolute atomic E-state index is 0.0409. The highest BCUT2D eigenvalue weighted by Gasteiger charge is 2.07. The molecule has 1 rings (SSSR count). The van der Waals surface area contributed by atoms with Crippen LogP contribution in [-0.4, -0.2) is 16.2 Å². The first-order valence-corrected chi connectivity index (χ1v) is 6.12. The van der Waals surface area contributed by atoms with Gasteiger partial charge in [0.1, 0.15) is 0 Å². The molecule has 0 heterocycles. The van der Waals surface area contributed by atoms with Crippen LogP contribution in [-0.2, 0) is 10.8 Å². The zero-order valence-electron chi connectivity index (χ0n) is 9.03. The summed E-state index contributed by atoms with van der Waals surface area (Å²) in [5.41, 5.74) is 0.554. The third-order valence-electron chi connectivity index (χ3n) is 1.58. The molecule has 0 spiro atoms. The third kappa shape index (κ3) is 3.42. The molecule has 0 fully saturated rings. The van der Waals surface area contributed by atoms with Crippen molar-refractivity contribution in [3.8, 4) is 0 Å². The summed E-state index contributed by atoms with van der Waals surface area (Å²) in [5, 5.41) is 0. The number of hydrogen-bond acceptors (Lipinski definition) is 2. The Morgan fingerprint density at radius 1 is 1.21 bits per heavy atom. The number of benzene rings is 1. The van der Waals surface area contributed by atoms with E-state index >= 15 is 0 Å². The summed E-state index contributed by atoms with van der Waals surface area (Å²) in [6.45, 7) is 5.48. The molecule has 78 valence electrons. The van der Waals surface area contributed by atoms with Crippen molar-refractivity contribution in [1.82, 2.24) is 0 Å². The Kier molecular flexibility index (Phi) is 6.04. The summed E-state index contributed by atoms with van der Waals surface area (Å²) in [4.78, 5) is 11.7. The van der Waals surface area contributed by atoms with E-state index in [9.17, 15) is 9.00 Å². The van der Waals surface area contributed by atoms with Gasteiger partial charge in [-0.05, 0) is 13.0 Å². The first-order chi connectivity index (χ1) is 6.63. The van der Waals surface area contributed by atoms with Crippen molar-refractivity contribution in [2.45, 2.75) is 25.7 Å². The molecule has 0 bridgehead atoms. The van der Waals surface area contributed by atoms with Gasteiger partial charge in [-0.25, -0.2) is 0 Å². The first-order valence-electron chi connectivity index (χ1n) is 4.56. The molecule has 0 aliphatic heterocycles. The Morgan fingerprint density at radius 3 is 2.07 bits per heavy atom. The standard InChI is InChI=1S/C9H10O2S.C2H6/c1-7(10)8-5-3-4-6-9(8)12(2)11;1-2/h3-6H,1-2H3;1-2H3. The minimum atomic E-state index is -1.08. The fraction of sp³-hybridized carbons (Fsp3) is 0.364. The van der Waals surface area contributed by atoms with E-state index in [4.69, 9.17) is 0 Å². The lowest BCUT2D eigenvalue weighted by molar-refractivity contribution is 0.101. The van der Waals surface area contributed by atoms with Gasteiger partial charge >= 0.3 is 0 Å². The highest BCUT2D eigenvalue weighted by Crippen LogP contribution is 2.12. The van der Waals surface area contributed by atoms with Gasteiger partial charge in [0.25, 0.3) is 0 Å². The number of Topliss-reactive ketones (excluding diaryl/α,β-unsaturated/α-hetero) is 1. The molecule has 3 heteroatoms. The lowest BCUT2D eigenvalue weighted by Gasteiger charge is -2.01. The van der Waals surface area contributed by atoms with E-state index in [1.54, 1.807) is 30.5 Å². The molecule has 0 aromatic heterocycles. The van der Waals surface area contributed by atoms with Crippen molar-refractivity contribution < 1.29 is 9.00 Å². The van der Waals surface area contributed by atoms with Gasteiger partial charge in [0, 0.05) is 16.7 Å². The number of carbonyl (C=O) groups is 1. The van der Waals surface area contributed by atoms with Crippen LogP contribution in [0.5, 0.6) is 0 Å². The van der Waals surface area contributed by atoms with Crippen LogP contribution in [0.1, 0.15) is 31.1 Å². The van der Waals surface area contributed by atoms with Crippen LogP contribution in [0.15, 0.2) is 29.2 Å². The molecular formula is C11H16O2S. The van der Waals surface area contributed by atoms with Gasteiger partial charge in [-0.3, -0.25) is 9.00 Å². The van der Waals surface area contributed by atoms with Crippen LogP contribution in [0.25, 0.3) is 0 Å². The van der Waals surface area contributed by atoms with Crippen LogP contribution >= 0.6 is 0 Å². The smallest absolute Gasteiger partial charge is 0.161 e. The van der Waals surface area contributed by atoms with Crippen LogP contribution in [0.2, 0.25) is 0 Å². The molecular weight excluding hydrogens is 196 g/mol. The summed E-state index contributed by atoms with van der Waals surface area (Å²) in [5.74, 6) is -0.0409. The van der Waals surface area contributed by atoms with Crippen molar-refractivity contribution in [1.29, 1.82) is 0 Å². The Balaban J connectivity index is 0.000000791. The van der Waals surface area contributed by atoms with Crippen LogP contribution in [0.3, 0.4) is 0 Å². The Labute approximate surface area is 87.8 Å². The van der Waals surface area contributed by atoms with Crippen molar-refractivity contribution in [3.63, 3.8) is 0 Å². The van der Waals surface area contributed by atoms with E-state index in [1.165, 1.54) is 6.92 Å². The second kappa shape index (κ2) is 6.49. The maximum atomic E-state index is 11.1. The Morgan fingerprint density at radius 2 is 1.71 bits per heavy atom. The summed E-state index contributed by atoms with van der Waals surface area (Å²) < 4.78 is 11.1. The van der Waals surface area contributed by atoms with Crippen molar-refractivity contribution in [2.24, 2.45) is 0 Å². The van der Waals surface area contributed by atoms with E-state index in [-0.39, 0.29) is 5.78 Å². The van der Waals surface area contributed by atoms with Crippen molar-refractivity contribution in [2.75, 3.05) is 6.26 Å². The second-order valence-electron chi connectivity index (χ2n) is 2.51. The molecule has 1 aromatic rings. The predicted octanol–water partition coefficient (Wildman–Crippen LogP) is 2.65. The lowest BCUT2D eigenvalue weighted by Crippen LogP contribution is -1.99. The SMILES string of the molecule is CC.CC(=O)c1ccccc1S(C)=O. The van der Waals surface area contributed by atoms with Gasteiger partial charge in [-0.1, -0.05) is 32.0 Å². The van der Waals surface area contributed by atoms with Crippen LogP contribution in [0, 0.1) is 0 Å². The zero-order valence-corrected chi connectivity index (χ0v) is 9.85. The normalized spacial score (nSPS) is 11.1. The second-order valence-corrected chi connectivity index (χ2v) is 3.85. The van der Waals surface area contributed by atoms with E-state index in [1.807, 2.05) is 13.8 Å². The van der Waals surface area contributed by atoms with Crippen molar-refractivity contribution >= 4 is 16.6 Å². The lowest BCUT2D eigenvalue weighted by atomic mass is 10.1. The summed E-state index contributed by atoms with van der Waals surface area (Å²) in [6.07, 6.45) is 1.57. The topological polar surface area (TPSA) is 34.1 Å². The Hall–Kier alpha value is -0.960. The van der Waals surface area contributed by atoms with E-state index in [0.717, 1.165) is 0 Å². The summed E-state index contributed by atoms with van der Waals surface area (Å²) in [7, 11) is -1.08. The molecule has 1 atom stereocenters. The zero-order chi connectivity index (χ0) is 11.1. The van der Waals surface area contributed by atoms with Crippen molar-refractivity contribution in [3.05, 3.63) is 29.8 Å². The number of carbonyl (C=O) groups excluding carboxylic acids is 1. The molecule has 0 aliphatic rings. The van der Waals surface area contributed by atoms with E-state index in [0.29, 0.717) is 10.5 Å². The quantitative estimate of drug-likeness (QED) is 0.706. The molecule has 0 amide bonds. The van der Waals surface area contributed by atoms with Gasteiger partial charge in [0.15, 0.2) is 5.78 Å². The molecule has 0 aliphatic carbocycles. The number of rotatable bonds is 2. The van der Waals surface area contributed by atoms with Gasteiger partial charge in [-0.15, -0.1) is 0 Å². The number of hydrogen-bond donors (Lipinski definition) is 0. The molecule has 0 saturated heterocycles. The molecule has 0 radical (unpaired) electrons. The predicted molar refractivity (Wildman–Crippen MR) is 60.1 cm³/mol.